The molecule has 67 heavy (non-hydrogen) atoms. The Hall–Kier alpha value is -5.69. The first-order valence-corrected chi connectivity index (χ1v) is 23.6. The Labute approximate surface area is 393 Å². The van der Waals surface area contributed by atoms with E-state index in [1.54, 1.807) is 26.0 Å². The first-order chi connectivity index (χ1) is 32.3. The van der Waals surface area contributed by atoms with Gasteiger partial charge in [-0.3, -0.25) is 14.2 Å². The van der Waals surface area contributed by atoms with Crippen molar-refractivity contribution in [1.82, 2.24) is 18.7 Å². The number of methoxy groups -OCH3 is 2. The van der Waals surface area contributed by atoms with Crippen molar-refractivity contribution in [3.05, 3.63) is 164 Å². The van der Waals surface area contributed by atoms with Crippen molar-refractivity contribution < 1.29 is 37.5 Å². The lowest BCUT2D eigenvalue weighted by atomic mass is 9.79. The molecule has 1 amide bonds. The summed E-state index contributed by atoms with van der Waals surface area (Å²) < 4.78 is 49.8. The number of carbonyl (C=O) groups excluding carboxylic acids is 1. The van der Waals surface area contributed by atoms with Gasteiger partial charge in [0.15, 0.2) is 6.23 Å². The van der Waals surface area contributed by atoms with E-state index in [4.69, 9.17) is 32.7 Å². The van der Waals surface area contributed by atoms with Crippen LogP contribution in [-0.4, -0.2) is 88.4 Å². The number of hydrogen-bond donors (Lipinski definition) is 0. The van der Waals surface area contributed by atoms with Crippen LogP contribution in [0.4, 0.5) is 0 Å². The van der Waals surface area contributed by atoms with Crippen LogP contribution in [0, 0.1) is 18.3 Å². The summed E-state index contributed by atoms with van der Waals surface area (Å²) in [5.74, 6) is 0.877. The predicted octanol–water partition coefficient (Wildman–Crippen LogP) is 7.68. The van der Waals surface area contributed by atoms with E-state index in [0.29, 0.717) is 11.5 Å². The second-order valence-electron chi connectivity index (χ2n) is 17.0. The van der Waals surface area contributed by atoms with Gasteiger partial charge in [-0.05, 0) is 88.1 Å². The molecule has 4 aromatic carbocycles. The molecule has 0 spiro atoms. The van der Waals surface area contributed by atoms with E-state index in [9.17, 15) is 14.9 Å². The zero-order valence-electron chi connectivity index (χ0n) is 39.4. The molecule has 2 fully saturated rings. The zero-order valence-corrected chi connectivity index (χ0v) is 40.3. The highest BCUT2D eigenvalue weighted by Crippen LogP contribution is 2.57. The molecule has 0 radical (unpaired) electrons. The van der Waals surface area contributed by atoms with Gasteiger partial charge in [0.05, 0.1) is 46.5 Å². The number of nitrogens with zero attached hydrogens (tertiary/aromatic N) is 5. The molecule has 1 unspecified atom stereocenters. The molecule has 2 bridgehead atoms. The van der Waals surface area contributed by atoms with Crippen LogP contribution in [0.25, 0.3) is 0 Å². The highest BCUT2D eigenvalue weighted by atomic mass is 31.2. The van der Waals surface area contributed by atoms with Gasteiger partial charge in [0.1, 0.15) is 36.0 Å². The summed E-state index contributed by atoms with van der Waals surface area (Å²) in [5, 5.41) is 9.56. The normalized spacial score (nSPS) is 19.6. The Morgan fingerprint density at radius 2 is 1.40 bits per heavy atom. The smallest absolute Gasteiger partial charge is 0.335 e. The highest BCUT2D eigenvalue weighted by Gasteiger charge is 2.72. The summed E-state index contributed by atoms with van der Waals surface area (Å²) >= 11 is 0. The number of morpholine rings is 1. The van der Waals surface area contributed by atoms with E-state index >= 15 is 4.79 Å². The summed E-state index contributed by atoms with van der Waals surface area (Å²) in [6.45, 7) is 11.4. The molecule has 3 heterocycles. The molecule has 15 nitrogen and oxygen atoms in total. The minimum Gasteiger partial charge on any atom is -0.497 e. The van der Waals surface area contributed by atoms with Gasteiger partial charge in [-0.15, -0.1) is 0 Å². The largest absolute Gasteiger partial charge is 0.497 e. The number of hydrogen-bond acceptors (Lipinski definition) is 12. The van der Waals surface area contributed by atoms with E-state index in [2.05, 4.69) is 10.7 Å². The topological polar surface area (TPSA) is 156 Å². The molecule has 5 aromatic rings. The van der Waals surface area contributed by atoms with Crippen molar-refractivity contribution >= 4 is 14.4 Å². The van der Waals surface area contributed by atoms with Crippen LogP contribution in [0.1, 0.15) is 75.1 Å². The first kappa shape index (κ1) is 49.2. The molecule has 0 N–H and O–H groups in total. The second-order valence-corrected chi connectivity index (χ2v) is 18.5. The third-order valence-corrected chi connectivity index (χ3v) is 14.3. The number of aromatic nitrogens is 2. The monoisotopic (exact) mass is 933 g/mol. The molecule has 7 rings (SSSR count). The van der Waals surface area contributed by atoms with Crippen LogP contribution >= 0.6 is 8.53 Å². The number of likely N-dealkylation sites (N-methyl/N-ethyl adjacent to an activating group) is 1. The molecule has 5 atom stereocenters. The van der Waals surface area contributed by atoms with Gasteiger partial charge in [0.2, 0.25) is 5.60 Å². The van der Waals surface area contributed by atoms with Gasteiger partial charge >= 0.3 is 5.69 Å². The number of carbonyl (C=O) groups is 1. The van der Waals surface area contributed by atoms with E-state index in [1.165, 1.54) is 10.8 Å². The summed E-state index contributed by atoms with van der Waals surface area (Å²) in [4.78, 5) is 45.4. The summed E-state index contributed by atoms with van der Waals surface area (Å²) in [5.41, 5.74) is -1.11. The van der Waals surface area contributed by atoms with Crippen LogP contribution in [0.3, 0.4) is 0 Å². The van der Waals surface area contributed by atoms with Gasteiger partial charge in [-0.1, -0.05) is 84.9 Å². The third kappa shape index (κ3) is 9.71. The van der Waals surface area contributed by atoms with Crippen LogP contribution in [0.2, 0.25) is 0 Å². The SMILES string of the molecule is CCN1C(=O)[C@]2(COC(c3ccccc3)(c3ccc(OC)cc3)c3ccc(OC)cc3)O[C@@H](n3cc(C)c(=O)n(COCc4ccccc4)c3=O)[C@H]1[C@@H]2OP(OCCC#N)N(C(C)C)C(C)C. The van der Waals surface area contributed by atoms with E-state index in [-0.39, 0.29) is 57.2 Å². The lowest BCUT2D eigenvalue weighted by molar-refractivity contribution is -0.194. The molecule has 354 valence electrons. The number of aryl methyl sites for hydroxylation is 1. The highest BCUT2D eigenvalue weighted by molar-refractivity contribution is 7.44. The lowest BCUT2D eigenvalue weighted by Gasteiger charge is -2.41. The minimum atomic E-state index is -1.96. The number of ether oxygens (including phenoxy) is 5. The van der Waals surface area contributed by atoms with Gasteiger partial charge in [0, 0.05) is 30.4 Å². The zero-order chi connectivity index (χ0) is 47.9. The molecule has 2 aliphatic heterocycles. The second kappa shape index (κ2) is 21.5. The number of likely N-dealkylation sites (tertiary alicyclic amines) is 1. The molecule has 2 saturated heterocycles. The van der Waals surface area contributed by atoms with Gasteiger partial charge in [-0.2, -0.15) is 5.26 Å². The number of fused-ring (bicyclic) bond motifs is 2. The predicted molar refractivity (Wildman–Crippen MR) is 253 cm³/mol. The quantitative estimate of drug-likeness (QED) is 0.0380. The summed E-state index contributed by atoms with van der Waals surface area (Å²) in [7, 11) is 1.24. The van der Waals surface area contributed by atoms with Crippen LogP contribution in [0.15, 0.2) is 125 Å². The van der Waals surface area contributed by atoms with Crippen molar-refractivity contribution in [3.63, 3.8) is 0 Å². The Bertz CT molecular complexity index is 2550. The van der Waals surface area contributed by atoms with E-state index in [1.807, 2.05) is 144 Å². The maximum absolute atomic E-state index is 15.4. The maximum atomic E-state index is 15.4. The molecular formula is C51H60N5O10P. The van der Waals surface area contributed by atoms with Crippen molar-refractivity contribution in [1.29, 1.82) is 5.26 Å². The Kier molecular flexibility index (Phi) is 15.8. The molecule has 2 aliphatic rings. The van der Waals surface area contributed by atoms with Crippen molar-refractivity contribution in [2.45, 2.75) is 103 Å². The summed E-state index contributed by atoms with van der Waals surface area (Å²) in [6, 6.07) is 35.4. The van der Waals surface area contributed by atoms with Crippen LogP contribution in [0.5, 0.6) is 11.5 Å². The van der Waals surface area contributed by atoms with Crippen molar-refractivity contribution in [2.75, 3.05) is 34.0 Å². The number of rotatable bonds is 22. The maximum Gasteiger partial charge on any atom is 0.335 e. The van der Waals surface area contributed by atoms with Crippen molar-refractivity contribution in [2.24, 2.45) is 0 Å². The molecule has 1 aromatic heterocycles. The van der Waals surface area contributed by atoms with Gasteiger partial charge in [0.25, 0.3) is 20.0 Å². The van der Waals surface area contributed by atoms with E-state index in [0.717, 1.165) is 26.8 Å². The molecular weight excluding hydrogens is 874 g/mol. The number of benzene rings is 4. The average Bonchev–Trinajstić information content (AvgIpc) is 3.77. The number of nitriles is 1. The Morgan fingerprint density at radius 3 is 1.94 bits per heavy atom. The van der Waals surface area contributed by atoms with Crippen molar-refractivity contribution in [3.8, 4) is 17.6 Å². The fraction of sp³-hybridized carbons (Fsp3) is 0.412. The molecule has 16 heteroatoms. The fourth-order valence-corrected chi connectivity index (χ4v) is 10.9. The number of amides is 1. The average molecular weight is 934 g/mol. The lowest BCUT2D eigenvalue weighted by Crippen LogP contribution is -2.56. The Morgan fingerprint density at radius 1 is 0.836 bits per heavy atom. The molecule has 0 aliphatic carbocycles. The Balaban J connectivity index is 1.40. The minimum absolute atomic E-state index is 0.0743. The van der Waals surface area contributed by atoms with E-state index < -0.39 is 55.3 Å². The first-order valence-electron chi connectivity index (χ1n) is 22.5. The van der Waals surface area contributed by atoms with Crippen LogP contribution in [-0.2, 0) is 47.0 Å². The third-order valence-electron chi connectivity index (χ3n) is 12.2. The van der Waals surface area contributed by atoms with Gasteiger partial charge in [-0.25, -0.2) is 14.0 Å². The standard InChI is InChI=1S/C51H60N5O10P/c1-9-53-44-45(66-67(64-30-16-29-52)56(35(2)3)36(4)5)50(48(53)58,65-47(44)54-31-37(6)46(57)55(49(54)59)34-62-32-38-17-12-10-13-18-38)33-63-51(39-19-14-11-15-20-39,40-21-25-42(60-7)26-22-40)41-23-27-43(61-8)28-24-41/h10-15,17-28,31,35-36,44-45,47H,9,16,30,32-34H2,1-8H3/t44-,45+,47-,50-,67?/m1/s1. The molecule has 0 saturated carbocycles. The van der Waals surface area contributed by atoms with Crippen LogP contribution < -0.4 is 20.7 Å². The fourth-order valence-electron chi connectivity index (χ4n) is 9.11. The summed E-state index contributed by atoms with van der Waals surface area (Å²) in [6.07, 6.45) is -0.675. The van der Waals surface area contributed by atoms with Gasteiger partial charge < -0.3 is 37.6 Å².